The van der Waals surface area contributed by atoms with Crippen LogP contribution in [0, 0.1) is 0 Å². The van der Waals surface area contributed by atoms with E-state index in [1.165, 1.54) is 0 Å². The van der Waals surface area contributed by atoms with Crippen molar-refractivity contribution in [1.29, 1.82) is 0 Å². The van der Waals surface area contributed by atoms with Crippen molar-refractivity contribution >= 4 is 23.1 Å². The molecule has 1 amide bonds. The van der Waals surface area contributed by atoms with Gasteiger partial charge in [-0.2, -0.15) is 0 Å². The molecule has 3 aliphatic rings. The van der Waals surface area contributed by atoms with Gasteiger partial charge in [-0.05, 0) is 24.6 Å². The van der Waals surface area contributed by atoms with Crippen molar-refractivity contribution in [2.45, 2.75) is 12.0 Å². The quantitative estimate of drug-likeness (QED) is 0.664. The number of nitrogens with zero attached hydrogens (tertiary/aromatic N) is 3. The average molecular weight is 395 g/mol. The van der Waals surface area contributed by atoms with Gasteiger partial charge >= 0.3 is 0 Å². The number of carbonyl (C=O) groups is 1. The number of aliphatic imine (C=N–C) groups is 1. The van der Waals surface area contributed by atoms with E-state index < -0.39 is 5.54 Å². The van der Waals surface area contributed by atoms with Crippen LogP contribution >= 0.6 is 0 Å². The lowest BCUT2D eigenvalue weighted by atomic mass is 9.81. The van der Waals surface area contributed by atoms with Crippen LogP contribution in [0.3, 0.4) is 0 Å². The summed E-state index contributed by atoms with van der Waals surface area (Å²) in [4.78, 5) is 23.1. The fourth-order valence-electron chi connectivity index (χ4n) is 5.19. The van der Waals surface area contributed by atoms with Gasteiger partial charge in [0.15, 0.2) is 5.54 Å². The van der Waals surface area contributed by atoms with E-state index in [2.05, 4.69) is 17.0 Å². The summed E-state index contributed by atoms with van der Waals surface area (Å²) in [5.41, 5.74) is 4.95. The van der Waals surface area contributed by atoms with Crippen LogP contribution in [0.2, 0.25) is 0 Å². The van der Waals surface area contributed by atoms with Crippen molar-refractivity contribution in [3.05, 3.63) is 89.0 Å². The summed E-state index contributed by atoms with van der Waals surface area (Å²) >= 11 is 0. The summed E-state index contributed by atoms with van der Waals surface area (Å²) < 4.78 is 5.68. The Kier molecular flexibility index (Phi) is 3.43. The SMILES string of the molecule is COc1ccc2c3c1CCN3C(c1ccccc1)=NC21C(=O)N(C)c2ccccc21. The normalized spacial score (nSPS) is 21.0. The first-order valence-corrected chi connectivity index (χ1v) is 10.2. The summed E-state index contributed by atoms with van der Waals surface area (Å²) in [5.74, 6) is 1.69. The second kappa shape index (κ2) is 5.95. The molecular formula is C25H21N3O2. The average Bonchev–Trinajstić information content (AvgIpc) is 3.33. The summed E-state index contributed by atoms with van der Waals surface area (Å²) in [7, 11) is 3.54. The largest absolute Gasteiger partial charge is 0.496 e. The predicted octanol–water partition coefficient (Wildman–Crippen LogP) is 3.74. The Hall–Kier alpha value is -3.60. The number of carbonyl (C=O) groups excluding carboxylic acids is 1. The molecule has 0 N–H and O–H groups in total. The Labute approximate surface area is 175 Å². The first kappa shape index (κ1) is 17.3. The van der Waals surface area contributed by atoms with Gasteiger partial charge in [0.1, 0.15) is 11.6 Å². The van der Waals surface area contributed by atoms with Gasteiger partial charge in [-0.15, -0.1) is 0 Å². The van der Waals surface area contributed by atoms with Gasteiger partial charge < -0.3 is 14.5 Å². The molecular weight excluding hydrogens is 374 g/mol. The minimum Gasteiger partial charge on any atom is -0.496 e. The lowest BCUT2D eigenvalue weighted by Gasteiger charge is -2.37. The third-order valence-electron chi connectivity index (χ3n) is 6.54. The van der Waals surface area contributed by atoms with Crippen LogP contribution in [0.15, 0.2) is 71.7 Å². The molecule has 148 valence electrons. The number of amidine groups is 1. The number of methoxy groups -OCH3 is 1. The van der Waals surface area contributed by atoms with Crippen molar-refractivity contribution in [1.82, 2.24) is 0 Å². The highest BCUT2D eigenvalue weighted by atomic mass is 16.5. The highest BCUT2D eigenvalue weighted by Crippen LogP contribution is 2.55. The molecule has 1 atom stereocenters. The van der Waals surface area contributed by atoms with E-state index in [9.17, 15) is 4.79 Å². The second-order valence-electron chi connectivity index (χ2n) is 7.94. The fourth-order valence-corrected chi connectivity index (χ4v) is 5.19. The zero-order valence-electron chi connectivity index (χ0n) is 16.9. The Morgan fingerprint density at radius 2 is 1.73 bits per heavy atom. The molecule has 3 aliphatic heterocycles. The number of hydrogen-bond donors (Lipinski definition) is 0. The zero-order valence-corrected chi connectivity index (χ0v) is 16.9. The van der Waals surface area contributed by atoms with Gasteiger partial charge in [-0.25, -0.2) is 4.99 Å². The highest BCUT2D eigenvalue weighted by molar-refractivity contribution is 6.19. The van der Waals surface area contributed by atoms with E-state index in [-0.39, 0.29) is 5.91 Å². The standard InChI is InChI=1S/C25H21N3O2/c1-27-20-11-7-6-10-18(20)25(24(27)29)19-12-13-21(30-2)17-14-15-28(22(17)19)23(26-25)16-8-4-3-5-9-16/h3-13H,14-15H2,1-2H3. The number of ether oxygens (including phenoxy) is 1. The molecule has 3 heterocycles. The highest BCUT2D eigenvalue weighted by Gasteiger charge is 2.56. The van der Waals surface area contributed by atoms with E-state index in [1.54, 1.807) is 12.0 Å². The Morgan fingerprint density at radius 3 is 2.53 bits per heavy atom. The first-order valence-electron chi connectivity index (χ1n) is 10.2. The van der Waals surface area contributed by atoms with E-state index in [0.29, 0.717) is 0 Å². The number of likely N-dealkylation sites (N-methyl/N-ethyl adjacent to an activating group) is 1. The molecule has 0 aliphatic carbocycles. The minimum absolute atomic E-state index is 0.0175. The van der Waals surface area contributed by atoms with Gasteiger partial charge in [-0.1, -0.05) is 48.5 Å². The molecule has 0 saturated carbocycles. The second-order valence-corrected chi connectivity index (χ2v) is 7.94. The molecule has 3 aromatic carbocycles. The van der Waals surface area contributed by atoms with E-state index in [4.69, 9.17) is 9.73 Å². The summed E-state index contributed by atoms with van der Waals surface area (Å²) in [6.45, 7) is 0.818. The summed E-state index contributed by atoms with van der Waals surface area (Å²) in [6, 6.07) is 22.1. The van der Waals surface area contributed by atoms with Gasteiger partial charge in [0.2, 0.25) is 0 Å². The third-order valence-corrected chi connectivity index (χ3v) is 6.54. The monoisotopic (exact) mass is 395 g/mol. The number of hydrogen-bond acceptors (Lipinski definition) is 4. The molecule has 1 unspecified atom stereocenters. The Balaban J connectivity index is 1.73. The Morgan fingerprint density at radius 1 is 0.967 bits per heavy atom. The van der Waals surface area contributed by atoms with Gasteiger partial charge in [-0.3, -0.25) is 4.79 Å². The lowest BCUT2D eigenvalue weighted by Crippen LogP contribution is -2.46. The smallest absolute Gasteiger partial charge is 0.264 e. The number of fused-ring (bicyclic) bond motifs is 3. The summed E-state index contributed by atoms with van der Waals surface area (Å²) in [6.07, 6.45) is 0.861. The molecule has 1 spiro atoms. The number of anilines is 2. The van der Waals surface area contributed by atoms with Gasteiger partial charge in [0, 0.05) is 41.5 Å². The lowest BCUT2D eigenvalue weighted by molar-refractivity contribution is -0.121. The molecule has 0 radical (unpaired) electrons. The van der Waals surface area contributed by atoms with Crippen LogP contribution in [0.1, 0.15) is 22.3 Å². The fraction of sp³-hybridized carbons (Fsp3) is 0.200. The van der Waals surface area contributed by atoms with Crippen molar-refractivity contribution < 1.29 is 9.53 Å². The van der Waals surface area contributed by atoms with E-state index in [0.717, 1.165) is 58.2 Å². The van der Waals surface area contributed by atoms with Gasteiger partial charge in [0.05, 0.1) is 12.8 Å². The van der Waals surface area contributed by atoms with E-state index >= 15 is 0 Å². The van der Waals surface area contributed by atoms with Crippen LogP contribution in [0.25, 0.3) is 0 Å². The molecule has 5 heteroatoms. The van der Waals surface area contributed by atoms with Crippen molar-refractivity contribution in [3.8, 4) is 5.75 Å². The maximum absolute atomic E-state index is 13.8. The minimum atomic E-state index is -1.08. The topological polar surface area (TPSA) is 45.1 Å². The molecule has 0 aromatic heterocycles. The van der Waals surface area contributed by atoms with Crippen LogP contribution in [0.4, 0.5) is 11.4 Å². The zero-order chi connectivity index (χ0) is 20.5. The van der Waals surface area contributed by atoms with Crippen LogP contribution in [-0.2, 0) is 16.8 Å². The molecule has 5 nitrogen and oxygen atoms in total. The van der Waals surface area contributed by atoms with E-state index in [1.807, 2.05) is 61.6 Å². The molecule has 0 bridgehead atoms. The Bertz CT molecular complexity index is 1230. The molecule has 6 rings (SSSR count). The summed E-state index contributed by atoms with van der Waals surface area (Å²) in [5, 5.41) is 0. The van der Waals surface area contributed by atoms with Crippen molar-refractivity contribution in [3.63, 3.8) is 0 Å². The third kappa shape index (κ3) is 1.97. The maximum Gasteiger partial charge on any atom is 0.264 e. The molecule has 30 heavy (non-hydrogen) atoms. The number of para-hydroxylation sites is 1. The van der Waals surface area contributed by atoms with Crippen molar-refractivity contribution in [2.75, 3.05) is 30.5 Å². The van der Waals surface area contributed by atoms with Crippen LogP contribution in [-0.4, -0.2) is 32.4 Å². The first-order chi connectivity index (χ1) is 14.7. The van der Waals surface area contributed by atoms with Crippen LogP contribution in [0.5, 0.6) is 5.75 Å². The predicted molar refractivity (Wildman–Crippen MR) is 118 cm³/mol. The van der Waals surface area contributed by atoms with Gasteiger partial charge in [0.25, 0.3) is 5.91 Å². The molecule has 0 saturated heterocycles. The number of amides is 1. The molecule has 3 aromatic rings. The van der Waals surface area contributed by atoms with Crippen molar-refractivity contribution in [2.24, 2.45) is 4.99 Å². The number of benzene rings is 3. The van der Waals surface area contributed by atoms with Crippen LogP contribution < -0.4 is 14.5 Å². The molecule has 0 fully saturated rings. The maximum atomic E-state index is 13.8. The number of rotatable bonds is 2.